The maximum absolute atomic E-state index is 13.1. The average Bonchev–Trinajstić information content (AvgIpc) is 3.89. The van der Waals surface area contributed by atoms with Crippen LogP contribution in [0.5, 0.6) is 0 Å². The maximum Gasteiger partial charge on any atom is 0.426 e. The fourth-order valence-corrected chi connectivity index (χ4v) is 11.7. The van der Waals surface area contributed by atoms with Gasteiger partial charge in [0.05, 0.1) is 17.8 Å². The summed E-state index contributed by atoms with van der Waals surface area (Å²) in [7, 11) is 0. The Morgan fingerprint density at radius 2 is 1.05 bits per heavy atom. The van der Waals surface area contributed by atoms with E-state index in [1.54, 1.807) is 13.8 Å². The first-order chi connectivity index (χ1) is 23.8. The molecular weight excluding hydrogens is 992 g/mol. The van der Waals surface area contributed by atoms with Crippen molar-refractivity contribution in [1.29, 1.82) is 0 Å². The standard InChI is InChI=1S/C18H24F6O.C14H24O2.C6H8O3.6CH4.I2/c1-7-8(2)12-5-11(7)14-9-3-10(13(4-9)15(12)14)6-16(25,17(19,20)21)18(22,23)24;1-8-9(2)11-6-10(8)7-12(11)13(15)16-14(3,4)5;1-3-4(2)6(8)9-5(3)7;;;;;;;1-2/h7-15,25H,3-6H2,1-2H3;8-12H,6-7H2,1-5H3;3-4H,1-2H3;6*1H4;. The van der Waals surface area contributed by atoms with E-state index >= 15 is 0 Å². The highest BCUT2D eigenvalue weighted by atomic mass is 128. The number of halogens is 8. The third-order valence-electron chi connectivity index (χ3n) is 14.8. The van der Waals surface area contributed by atoms with Crippen molar-refractivity contribution in [1.82, 2.24) is 0 Å². The van der Waals surface area contributed by atoms with E-state index in [0.29, 0.717) is 47.8 Å². The summed E-state index contributed by atoms with van der Waals surface area (Å²) >= 11 is 4.24. The number of alkyl halides is 6. The molecule has 1 aliphatic heterocycles. The minimum Gasteiger partial charge on any atom is -0.460 e. The fourth-order valence-electron chi connectivity index (χ4n) is 11.7. The molecule has 16 unspecified atom stereocenters. The Kier molecular flexibility index (Phi) is 23.8. The van der Waals surface area contributed by atoms with Crippen LogP contribution in [0.1, 0.15) is 145 Å². The van der Waals surface area contributed by atoms with Gasteiger partial charge in [-0.15, -0.1) is 0 Å². The number of ether oxygens (including phenoxy) is 2. The molecule has 58 heavy (non-hydrogen) atoms. The zero-order valence-electron chi connectivity index (χ0n) is 31.5. The van der Waals surface area contributed by atoms with Gasteiger partial charge in [0.15, 0.2) is 0 Å². The lowest BCUT2D eigenvalue weighted by atomic mass is 9.61. The van der Waals surface area contributed by atoms with Gasteiger partial charge in [0.2, 0.25) is 0 Å². The SMILES string of the molecule is C.C.C.C.C.C.CC1C(=O)OC(=O)C1C.CC1C(C)C2CC1C1C3CC(CC(O)(C(F)(F)F)C(F)(F)F)C(C3)C21.CC1C2CC(C(=O)OC(C)(C)C)C(C2)C1C.II. The van der Waals surface area contributed by atoms with Crippen molar-refractivity contribution in [2.45, 2.75) is 169 Å². The summed E-state index contributed by atoms with van der Waals surface area (Å²) in [6, 6.07) is 0. The van der Waals surface area contributed by atoms with Crippen LogP contribution in [0.3, 0.4) is 0 Å². The number of fused-ring (bicyclic) bond motifs is 11. The second kappa shape index (κ2) is 22.3. The lowest BCUT2D eigenvalue weighted by Gasteiger charge is -2.45. The summed E-state index contributed by atoms with van der Waals surface area (Å²) in [6.45, 7) is 18.3. The third kappa shape index (κ3) is 11.6. The molecule has 7 aliphatic rings. The first-order valence-electron chi connectivity index (χ1n) is 18.8. The first-order valence-corrected chi connectivity index (χ1v) is 25.1. The lowest BCUT2D eigenvalue weighted by Crippen LogP contribution is -2.58. The van der Waals surface area contributed by atoms with Crippen molar-refractivity contribution < 1.29 is 55.3 Å². The van der Waals surface area contributed by atoms with E-state index in [1.807, 2.05) is 20.8 Å². The molecule has 348 valence electrons. The smallest absolute Gasteiger partial charge is 0.426 e. The van der Waals surface area contributed by atoms with Crippen LogP contribution in [0.15, 0.2) is 0 Å². The zero-order chi connectivity index (χ0) is 39.6. The van der Waals surface area contributed by atoms with Crippen LogP contribution >= 0.6 is 37.2 Å². The second-order valence-electron chi connectivity index (χ2n) is 18.2. The number of carbonyl (C=O) groups is 3. The van der Waals surface area contributed by atoms with Crippen molar-refractivity contribution in [3.63, 3.8) is 0 Å². The van der Waals surface area contributed by atoms with Crippen LogP contribution in [0.4, 0.5) is 26.3 Å². The summed E-state index contributed by atoms with van der Waals surface area (Å²) in [5, 5.41) is 9.59. The van der Waals surface area contributed by atoms with Crippen LogP contribution in [-0.2, 0) is 23.9 Å². The molecule has 6 aliphatic carbocycles. The summed E-state index contributed by atoms with van der Waals surface area (Å²) in [5.41, 5.74) is -4.92. The van der Waals surface area contributed by atoms with E-state index in [9.17, 15) is 45.8 Å². The Hall–Kier alpha value is -0.390. The molecule has 1 heterocycles. The molecule has 6 saturated carbocycles. The van der Waals surface area contributed by atoms with Gasteiger partial charge >= 0.3 is 30.3 Å². The number of aliphatic hydroxyl groups is 1. The van der Waals surface area contributed by atoms with E-state index in [2.05, 4.69) is 69.7 Å². The van der Waals surface area contributed by atoms with Crippen molar-refractivity contribution in [3.05, 3.63) is 0 Å². The first kappa shape index (κ1) is 61.9. The normalized spacial score (nSPS) is 38.4. The molecule has 1 N–H and O–H groups in total. The highest BCUT2D eigenvalue weighted by Gasteiger charge is 2.73. The van der Waals surface area contributed by atoms with Gasteiger partial charge in [-0.2, -0.15) is 26.3 Å². The molecule has 0 aromatic heterocycles. The largest absolute Gasteiger partial charge is 0.460 e. The van der Waals surface area contributed by atoms with Gasteiger partial charge in [-0.3, -0.25) is 14.4 Å². The van der Waals surface area contributed by atoms with Gasteiger partial charge in [0, 0.05) is 37.2 Å². The molecule has 6 nitrogen and oxygen atoms in total. The number of rotatable bonds is 3. The van der Waals surface area contributed by atoms with Crippen molar-refractivity contribution in [2.24, 2.45) is 94.7 Å². The lowest BCUT2D eigenvalue weighted by molar-refractivity contribution is -0.373. The average molecular weight is 1070 g/mol. The number of carbonyl (C=O) groups excluding carboxylic acids is 3. The Morgan fingerprint density at radius 1 is 0.638 bits per heavy atom. The Morgan fingerprint density at radius 3 is 1.41 bits per heavy atom. The van der Waals surface area contributed by atoms with Gasteiger partial charge in [-0.25, -0.2) is 0 Å². The zero-order valence-corrected chi connectivity index (χ0v) is 35.8. The molecule has 0 amide bonds. The molecule has 0 radical (unpaired) electrons. The molecule has 7 rings (SSSR count). The highest BCUT2D eigenvalue weighted by molar-refractivity contribution is 15.0. The summed E-state index contributed by atoms with van der Waals surface area (Å²) in [5.74, 6) is 4.11. The molecule has 16 atom stereocenters. The molecule has 1 saturated heterocycles. The van der Waals surface area contributed by atoms with Crippen LogP contribution in [0.25, 0.3) is 0 Å². The predicted octanol–water partition coefficient (Wildman–Crippen LogP) is 14.2. The van der Waals surface area contributed by atoms with Crippen LogP contribution in [-0.4, -0.2) is 46.6 Å². The van der Waals surface area contributed by atoms with Gasteiger partial charge < -0.3 is 14.6 Å². The van der Waals surface area contributed by atoms with E-state index in [-0.39, 0.29) is 91.6 Å². The van der Waals surface area contributed by atoms with E-state index in [4.69, 9.17) is 4.74 Å². The topological polar surface area (TPSA) is 89.9 Å². The van der Waals surface area contributed by atoms with Gasteiger partial charge in [-0.05, 0) is 136 Å². The molecule has 0 spiro atoms. The summed E-state index contributed by atoms with van der Waals surface area (Å²) in [4.78, 5) is 33.2. The van der Waals surface area contributed by atoms with Crippen LogP contribution in [0.2, 0.25) is 0 Å². The predicted molar refractivity (Wildman–Crippen MR) is 240 cm³/mol. The Balaban J connectivity index is -0.000000800. The minimum atomic E-state index is -5.69. The van der Waals surface area contributed by atoms with Crippen LogP contribution < -0.4 is 0 Å². The van der Waals surface area contributed by atoms with Crippen LogP contribution in [0, 0.1) is 94.7 Å². The third-order valence-corrected chi connectivity index (χ3v) is 14.8. The minimum absolute atomic E-state index is 0. The molecule has 0 aromatic rings. The molecular formula is C44H80F6I2O6. The van der Waals surface area contributed by atoms with Crippen molar-refractivity contribution in [3.8, 4) is 0 Å². The van der Waals surface area contributed by atoms with E-state index in [0.717, 1.165) is 31.1 Å². The number of hydrogen-bond donors (Lipinski definition) is 1. The molecule has 14 heteroatoms. The molecule has 7 fully saturated rings. The summed E-state index contributed by atoms with van der Waals surface area (Å²) < 4.78 is 88.2. The van der Waals surface area contributed by atoms with E-state index < -0.39 is 42.2 Å². The monoisotopic (exact) mass is 1070 g/mol. The Labute approximate surface area is 372 Å². The fraction of sp³-hybridized carbons (Fsp3) is 0.932. The second-order valence-corrected chi connectivity index (χ2v) is 18.2. The van der Waals surface area contributed by atoms with Crippen molar-refractivity contribution in [2.75, 3.05) is 0 Å². The van der Waals surface area contributed by atoms with Gasteiger partial charge in [-0.1, -0.05) is 86.1 Å². The maximum atomic E-state index is 13.1. The van der Waals surface area contributed by atoms with Gasteiger partial charge in [0.25, 0.3) is 5.60 Å². The number of cyclic esters (lactones) is 2. The summed E-state index contributed by atoms with van der Waals surface area (Å²) in [6.07, 6.45) is -8.07. The molecule has 0 aromatic carbocycles. The van der Waals surface area contributed by atoms with Gasteiger partial charge in [0.1, 0.15) is 5.60 Å². The quantitative estimate of drug-likeness (QED) is 0.0996. The van der Waals surface area contributed by atoms with Crippen molar-refractivity contribution >= 4 is 55.1 Å². The highest BCUT2D eigenvalue weighted by Crippen LogP contribution is 2.72. The number of esters is 3. The Bertz CT molecular complexity index is 1290. The molecule has 6 bridgehead atoms. The van der Waals surface area contributed by atoms with E-state index in [1.165, 1.54) is 6.42 Å². The number of hydrogen-bond acceptors (Lipinski definition) is 6.